The van der Waals surface area contributed by atoms with Crippen LogP contribution in [-0.4, -0.2) is 60.5 Å². The van der Waals surface area contributed by atoms with Gasteiger partial charge in [0, 0.05) is 31.0 Å². The molecule has 5 heterocycles. The number of ether oxygens (including phenoxy) is 1. The Morgan fingerprint density at radius 2 is 2.03 bits per heavy atom. The number of aromatic amines is 2. The van der Waals surface area contributed by atoms with E-state index in [4.69, 9.17) is 4.74 Å². The zero-order valence-electron chi connectivity index (χ0n) is 20.6. The number of hydrogen-bond acceptors (Lipinski definition) is 7. The SMILES string of the molecule is COc1cnc(-c2cc(CO)[nH]n2)c2[nH]cc(C(=O)C(=O)N3CCc4c(cccc4-c4ccccn4)C3)c12. The third-order valence-corrected chi connectivity index (χ3v) is 6.87. The minimum absolute atomic E-state index is 0.197. The first kappa shape index (κ1) is 23.6. The molecule has 5 aromatic rings. The van der Waals surface area contributed by atoms with Crippen molar-refractivity contribution in [3.05, 3.63) is 83.4 Å². The number of hydrogen-bond donors (Lipinski definition) is 3. The van der Waals surface area contributed by atoms with Crippen LogP contribution in [0.5, 0.6) is 5.75 Å². The van der Waals surface area contributed by atoms with Crippen molar-refractivity contribution >= 4 is 22.6 Å². The van der Waals surface area contributed by atoms with Crippen LogP contribution in [0.3, 0.4) is 0 Å². The van der Waals surface area contributed by atoms with Gasteiger partial charge in [-0.1, -0.05) is 24.3 Å². The van der Waals surface area contributed by atoms with Gasteiger partial charge in [0.25, 0.3) is 11.7 Å². The quantitative estimate of drug-likeness (QED) is 0.236. The van der Waals surface area contributed by atoms with Gasteiger partial charge in [0.1, 0.15) is 17.1 Å². The van der Waals surface area contributed by atoms with Crippen molar-refractivity contribution in [1.29, 1.82) is 0 Å². The molecule has 0 bridgehead atoms. The second-order valence-electron chi connectivity index (χ2n) is 9.03. The van der Waals surface area contributed by atoms with Gasteiger partial charge in [-0.05, 0) is 35.7 Å². The lowest BCUT2D eigenvalue weighted by Gasteiger charge is -2.29. The largest absolute Gasteiger partial charge is 0.494 e. The molecule has 6 rings (SSSR count). The van der Waals surface area contributed by atoms with Crippen LogP contribution >= 0.6 is 0 Å². The minimum Gasteiger partial charge on any atom is -0.494 e. The Bertz CT molecular complexity index is 1670. The van der Waals surface area contributed by atoms with Crippen LogP contribution < -0.4 is 4.74 Å². The fraction of sp³-hybridized carbons (Fsp3) is 0.179. The average Bonchev–Trinajstić information content (AvgIpc) is 3.64. The zero-order valence-corrected chi connectivity index (χ0v) is 20.6. The smallest absolute Gasteiger partial charge is 0.295 e. The maximum absolute atomic E-state index is 13.5. The van der Waals surface area contributed by atoms with Gasteiger partial charge in [-0.2, -0.15) is 5.10 Å². The number of fused-ring (bicyclic) bond motifs is 2. The molecule has 190 valence electrons. The third-order valence-electron chi connectivity index (χ3n) is 6.87. The fourth-order valence-corrected chi connectivity index (χ4v) is 5.01. The molecule has 0 atom stereocenters. The third kappa shape index (κ3) is 3.91. The normalized spacial score (nSPS) is 12.9. The molecule has 0 aliphatic carbocycles. The maximum Gasteiger partial charge on any atom is 0.295 e. The number of aromatic nitrogens is 5. The summed E-state index contributed by atoms with van der Waals surface area (Å²) < 4.78 is 5.49. The van der Waals surface area contributed by atoms with Gasteiger partial charge in [-0.3, -0.25) is 19.7 Å². The summed E-state index contributed by atoms with van der Waals surface area (Å²) in [6, 6.07) is 13.5. The highest BCUT2D eigenvalue weighted by molar-refractivity contribution is 6.45. The molecular formula is C28H24N6O4. The summed E-state index contributed by atoms with van der Waals surface area (Å²) in [7, 11) is 1.48. The number of rotatable bonds is 6. The Labute approximate surface area is 217 Å². The Balaban J connectivity index is 1.32. The van der Waals surface area contributed by atoms with Crippen LogP contribution in [0.15, 0.2) is 61.1 Å². The summed E-state index contributed by atoms with van der Waals surface area (Å²) >= 11 is 0. The van der Waals surface area contributed by atoms with E-state index in [1.165, 1.54) is 19.5 Å². The number of aliphatic hydroxyl groups is 1. The van der Waals surface area contributed by atoms with E-state index < -0.39 is 11.7 Å². The predicted octanol–water partition coefficient (Wildman–Crippen LogP) is 3.28. The summed E-state index contributed by atoms with van der Waals surface area (Å²) in [6.07, 6.45) is 5.39. The van der Waals surface area contributed by atoms with Gasteiger partial charge in [0.15, 0.2) is 0 Å². The number of nitrogens with zero attached hydrogens (tertiary/aromatic N) is 4. The highest BCUT2D eigenvalue weighted by atomic mass is 16.5. The maximum atomic E-state index is 13.5. The summed E-state index contributed by atoms with van der Waals surface area (Å²) in [5, 5.41) is 16.8. The first-order chi connectivity index (χ1) is 18.6. The molecule has 0 fully saturated rings. The molecule has 4 aromatic heterocycles. The van der Waals surface area contributed by atoms with Gasteiger partial charge in [0.05, 0.1) is 47.8 Å². The molecule has 1 aromatic carbocycles. The predicted molar refractivity (Wildman–Crippen MR) is 139 cm³/mol. The molecule has 1 amide bonds. The number of carbonyl (C=O) groups is 2. The molecule has 0 radical (unpaired) electrons. The highest BCUT2D eigenvalue weighted by Crippen LogP contribution is 2.35. The van der Waals surface area contributed by atoms with E-state index in [0.717, 1.165) is 22.4 Å². The van der Waals surface area contributed by atoms with E-state index in [1.807, 2.05) is 36.4 Å². The van der Waals surface area contributed by atoms with Crippen molar-refractivity contribution in [3.63, 3.8) is 0 Å². The summed E-state index contributed by atoms with van der Waals surface area (Å²) in [6.45, 7) is 0.562. The lowest BCUT2D eigenvalue weighted by atomic mass is 9.92. The van der Waals surface area contributed by atoms with Gasteiger partial charge in [-0.25, -0.2) is 4.98 Å². The van der Waals surface area contributed by atoms with Crippen molar-refractivity contribution in [2.75, 3.05) is 13.7 Å². The van der Waals surface area contributed by atoms with Crippen molar-refractivity contribution in [3.8, 4) is 28.4 Å². The number of ketones is 1. The second-order valence-corrected chi connectivity index (χ2v) is 9.03. The van der Waals surface area contributed by atoms with Gasteiger partial charge in [0.2, 0.25) is 0 Å². The molecule has 10 heteroatoms. The van der Waals surface area contributed by atoms with Crippen LogP contribution in [0.1, 0.15) is 27.2 Å². The Kier molecular flexibility index (Phi) is 5.93. The number of carbonyl (C=O) groups excluding carboxylic acids is 2. The number of nitrogens with one attached hydrogen (secondary N) is 2. The number of aliphatic hydroxyl groups excluding tert-OH is 1. The van der Waals surface area contributed by atoms with E-state index in [9.17, 15) is 14.7 Å². The summed E-state index contributed by atoms with van der Waals surface area (Å²) in [5.41, 5.74) is 6.29. The van der Waals surface area contributed by atoms with Crippen LogP contribution in [0.4, 0.5) is 0 Å². The lowest BCUT2D eigenvalue weighted by Crippen LogP contribution is -2.40. The van der Waals surface area contributed by atoms with Gasteiger partial charge in [-0.15, -0.1) is 0 Å². The average molecular weight is 509 g/mol. The number of pyridine rings is 2. The van der Waals surface area contributed by atoms with Crippen LogP contribution in [0, 0.1) is 0 Å². The number of benzene rings is 1. The molecule has 10 nitrogen and oxygen atoms in total. The zero-order chi connectivity index (χ0) is 26.2. The van der Waals surface area contributed by atoms with Gasteiger partial charge >= 0.3 is 0 Å². The summed E-state index contributed by atoms with van der Waals surface area (Å²) in [4.78, 5) is 40.6. The van der Waals surface area contributed by atoms with Crippen molar-refractivity contribution < 1.29 is 19.4 Å². The molecule has 0 saturated carbocycles. The molecule has 1 aliphatic heterocycles. The fourth-order valence-electron chi connectivity index (χ4n) is 5.01. The van der Waals surface area contributed by atoms with E-state index in [1.54, 1.807) is 17.2 Å². The number of Topliss-reactive ketones (excluding diaryl/α,β-unsaturated/α-hetero) is 1. The molecule has 1 aliphatic rings. The monoisotopic (exact) mass is 508 g/mol. The number of H-pyrrole nitrogens is 2. The molecular weight excluding hydrogens is 484 g/mol. The van der Waals surface area contributed by atoms with E-state index in [0.29, 0.717) is 53.2 Å². The standard InChI is InChI=1S/C28H24N6O4/c1-38-23-13-31-25(22-11-17(15-35)32-33-22)26-24(23)20(12-30-26)27(36)28(37)34-10-8-18-16(14-34)5-4-6-19(18)21-7-2-3-9-29-21/h2-7,9,11-13,30,35H,8,10,14-15H2,1H3,(H,32,33). The molecule has 0 spiro atoms. The van der Waals surface area contributed by atoms with Crippen LogP contribution in [0.25, 0.3) is 33.5 Å². The van der Waals surface area contributed by atoms with E-state index in [2.05, 4.69) is 25.1 Å². The minimum atomic E-state index is -0.630. The van der Waals surface area contributed by atoms with Crippen molar-refractivity contribution in [1.82, 2.24) is 30.0 Å². The first-order valence-electron chi connectivity index (χ1n) is 12.1. The molecule has 0 unspecified atom stereocenters. The lowest BCUT2D eigenvalue weighted by molar-refractivity contribution is -0.127. The van der Waals surface area contributed by atoms with E-state index >= 15 is 0 Å². The van der Waals surface area contributed by atoms with Crippen molar-refractivity contribution in [2.24, 2.45) is 0 Å². The van der Waals surface area contributed by atoms with E-state index in [-0.39, 0.29) is 12.2 Å². The topological polar surface area (TPSA) is 137 Å². The van der Waals surface area contributed by atoms with Crippen LogP contribution in [-0.2, 0) is 24.4 Å². The van der Waals surface area contributed by atoms with Crippen molar-refractivity contribution in [2.45, 2.75) is 19.6 Å². The molecule has 0 saturated heterocycles. The molecule has 38 heavy (non-hydrogen) atoms. The summed E-state index contributed by atoms with van der Waals surface area (Å²) in [5.74, 6) is -0.847. The Morgan fingerprint density at radius 3 is 2.79 bits per heavy atom. The second kappa shape index (κ2) is 9.56. The first-order valence-corrected chi connectivity index (χ1v) is 12.1. The highest BCUT2D eigenvalue weighted by Gasteiger charge is 2.31. The Morgan fingerprint density at radius 1 is 1.13 bits per heavy atom. The number of methoxy groups -OCH3 is 1. The Hall–Kier alpha value is -4.83. The number of amides is 1. The van der Waals surface area contributed by atoms with Crippen LogP contribution in [0.2, 0.25) is 0 Å². The van der Waals surface area contributed by atoms with Gasteiger partial charge < -0.3 is 19.7 Å². The molecule has 3 N–H and O–H groups in total.